The van der Waals surface area contributed by atoms with Gasteiger partial charge >= 0.3 is 0 Å². The van der Waals surface area contributed by atoms with E-state index in [0.29, 0.717) is 5.69 Å². The second-order valence-corrected chi connectivity index (χ2v) is 4.45. The summed E-state index contributed by atoms with van der Waals surface area (Å²) in [6, 6.07) is 3.57. The van der Waals surface area contributed by atoms with E-state index in [2.05, 4.69) is 15.3 Å². The molecule has 1 amide bonds. The quantitative estimate of drug-likeness (QED) is 0.866. The molecule has 2 heterocycles. The van der Waals surface area contributed by atoms with Crippen LogP contribution >= 0.6 is 11.3 Å². The van der Waals surface area contributed by atoms with Crippen LogP contribution in [0.1, 0.15) is 21.2 Å². The van der Waals surface area contributed by atoms with E-state index in [1.807, 2.05) is 19.9 Å². The molecule has 1 N–H and O–H groups in total. The van der Waals surface area contributed by atoms with Crippen LogP contribution < -0.4 is 5.32 Å². The van der Waals surface area contributed by atoms with Crippen LogP contribution in [0.5, 0.6) is 0 Å². The predicted molar refractivity (Wildman–Crippen MR) is 63.8 cm³/mol. The van der Waals surface area contributed by atoms with Crippen molar-refractivity contribution < 1.29 is 4.79 Å². The molecule has 0 bridgehead atoms. The third-order valence-corrected chi connectivity index (χ3v) is 2.78. The van der Waals surface area contributed by atoms with Crippen molar-refractivity contribution in [3.63, 3.8) is 0 Å². The highest BCUT2D eigenvalue weighted by atomic mass is 32.1. The lowest BCUT2D eigenvalue weighted by molar-refractivity contribution is 0.102. The van der Waals surface area contributed by atoms with Gasteiger partial charge in [0.25, 0.3) is 5.91 Å². The molecule has 0 aromatic carbocycles. The van der Waals surface area contributed by atoms with E-state index in [1.54, 1.807) is 17.6 Å². The number of hydrogen-bond acceptors (Lipinski definition) is 4. The lowest BCUT2D eigenvalue weighted by Gasteiger charge is -2.03. The van der Waals surface area contributed by atoms with Gasteiger partial charge in [0, 0.05) is 23.0 Å². The third-order valence-electron chi connectivity index (χ3n) is 2.01. The zero-order chi connectivity index (χ0) is 11.5. The van der Waals surface area contributed by atoms with Gasteiger partial charge in [-0.1, -0.05) is 0 Å². The molecule has 4 nitrogen and oxygen atoms in total. The fraction of sp³-hybridized carbons (Fsp3) is 0.182. The Bertz CT molecular complexity index is 521. The summed E-state index contributed by atoms with van der Waals surface area (Å²) in [6.45, 7) is 3.75. The average Bonchev–Trinajstić information content (AvgIpc) is 2.65. The van der Waals surface area contributed by atoms with Crippen molar-refractivity contribution >= 4 is 22.9 Å². The highest BCUT2D eigenvalue weighted by Crippen LogP contribution is 2.12. The van der Waals surface area contributed by atoms with E-state index in [-0.39, 0.29) is 5.91 Å². The van der Waals surface area contributed by atoms with Gasteiger partial charge in [0.1, 0.15) is 5.69 Å². The van der Waals surface area contributed by atoms with E-state index < -0.39 is 0 Å². The molecule has 0 aliphatic carbocycles. The normalized spacial score (nSPS) is 10.1. The number of hydrogen-bond donors (Lipinski definition) is 1. The Morgan fingerprint density at radius 1 is 1.44 bits per heavy atom. The Morgan fingerprint density at radius 2 is 2.25 bits per heavy atom. The average molecular weight is 233 g/mol. The number of carbonyl (C=O) groups excluding carboxylic acids is 1. The molecule has 2 aromatic rings. The number of thiazole rings is 1. The second-order valence-electron chi connectivity index (χ2n) is 3.39. The first-order valence-electron chi connectivity index (χ1n) is 4.81. The minimum absolute atomic E-state index is 0.185. The Kier molecular flexibility index (Phi) is 2.96. The number of carbonyl (C=O) groups is 1. The number of aryl methyl sites for hydroxylation is 2. The number of anilines is 1. The second kappa shape index (κ2) is 4.40. The molecule has 0 fully saturated rings. The highest BCUT2D eigenvalue weighted by molar-refractivity contribution is 7.09. The molecule has 82 valence electrons. The van der Waals surface area contributed by atoms with E-state index in [1.165, 1.54) is 11.3 Å². The van der Waals surface area contributed by atoms with Gasteiger partial charge in [-0.25, -0.2) is 4.98 Å². The Labute approximate surface area is 97.4 Å². The van der Waals surface area contributed by atoms with Gasteiger partial charge in [-0.2, -0.15) is 0 Å². The van der Waals surface area contributed by atoms with Gasteiger partial charge in [-0.05, 0) is 26.0 Å². The summed E-state index contributed by atoms with van der Waals surface area (Å²) >= 11 is 1.46. The molecule has 5 heteroatoms. The van der Waals surface area contributed by atoms with E-state index in [9.17, 15) is 4.79 Å². The maximum atomic E-state index is 11.8. The van der Waals surface area contributed by atoms with Gasteiger partial charge in [0.05, 0.1) is 5.01 Å². The van der Waals surface area contributed by atoms with Crippen LogP contribution in [0.4, 0.5) is 5.69 Å². The summed E-state index contributed by atoms with van der Waals surface area (Å²) in [4.78, 5) is 19.9. The van der Waals surface area contributed by atoms with Crippen LogP contribution in [0, 0.1) is 13.8 Å². The van der Waals surface area contributed by atoms with Crippen LogP contribution in [-0.4, -0.2) is 15.9 Å². The van der Waals surface area contributed by atoms with Gasteiger partial charge in [-0.3, -0.25) is 9.78 Å². The lowest BCUT2D eigenvalue weighted by Crippen LogP contribution is -2.12. The van der Waals surface area contributed by atoms with Crippen molar-refractivity contribution in [3.05, 3.63) is 40.1 Å². The minimum atomic E-state index is -0.185. The summed E-state index contributed by atoms with van der Waals surface area (Å²) in [5.41, 5.74) is 2.06. The summed E-state index contributed by atoms with van der Waals surface area (Å²) in [7, 11) is 0. The van der Waals surface area contributed by atoms with Crippen LogP contribution in [0.3, 0.4) is 0 Å². The molecular weight excluding hydrogens is 222 g/mol. The van der Waals surface area contributed by atoms with Gasteiger partial charge in [0.2, 0.25) is 0 Å². The Hall–Kier alpha value is -1.75. The van der Waals surface area contributed by atoms with E-state index in [4.69, 9.17) is 0 Å². The van der Waals surface area contributed by atoms with Crippen LogP contribution in [0.2, 0.25) is 0 Å². The molecule has 2 rings (SSSR count). The number of rotatable bonds is 2. The molecule has 0 unspecified atom stereocenters. The fourth-order valence-corrected chi connectivity index (χ4v) is 1.88. The lowest BCUT2D eigenvalue weighted by atomic mass is 10.3. The number of amides is 1. The van der Waals surface area contributed by atoms with Gasteiger partial charge in [-0.15, -0.1) is 11.3 Å². The maximum Gasteiger partial charge on any atom is 0.275 e. The van der Waals surface area contributed by atoms with Crippen LogP contribution in [0.25, 0.3) is 0 Å². The molecule has 0 radical (unpaired) electrons. The minimum Gasteiger partial charge on any atom is -0.321 e. The summed E-state index contributed by atoms with van der Waals surface area (Å²) in [5.74, 6) is -0.185. The van der Waals surface area contributed by atoms with Gasteiger partial charge < -0.3 is 5.32 Å². The van der Waals surface area contributed by atoms with Crippen molar-refractivity contribution in [3.8, 4) is 0 Å². The zero-order valence-corrected chi connectivity index (χ0v) is 9.84. The van der Waals surface area contributed by atoms with Crippen LogP contribution in [-0.2, 0) is 0 Å². The first kappa shape index (κ1) is 10.8. The SMILES string of the molecule is Cc1cc(NC(=O)c2csc(C)n2)ccn1. The van der Waals surface area contributed by atoms with Crippen molar-refractivity contribution in [2.24, 2.45) is 0 Å². The summed E-state index contributed by atoms with van der Waals surface area (Å²) < 4.78 is 0. The van der Waals surface area contributed by atoms with E-state index >= 15 is 0 Å². The number of nitrogens with one attached hydrogen (secondary N) is 1. The summed E-state index contributed by atoms with van der Waals surface area (Å²) in [5, 5.41) is 5.41. The number of pyridine rings is 1. The van der Waals surface area contributed by atoms with Crippen molar-refractivity contribution in [1.29, 1.82) is 0 Å². The maximum absolute atomic E-state index is 11.8. The molecule has 16 heavy (non-hydrogen) atoms. The monoisotopic (exact) mass is 233 g/mol. The Balaban J connectivity index is 2.13. The molecule has 0 saturated carbocycles. The molecule has 2 aromatic heterocycles. The largest absolute Gasteiger partial charge is 0.321 e. The summed E-state index contributed by atoms with van der Waals surface area (Å²) in [6.07, 6.45) is 1.66. The standard InChI is InChI=1S/C11H11N3OS/c1-7-5-9(3-4-12-7)14-11(15)10-6-16-8(2)13-10/h3-6H,1-2H3,(H,12,14,15). The topological polar surface area (TPSA) is 54.9 Å². The van der Waals surface area contributed by atoms with Crippen molar-refractivity contribution in [1.82, 2.24) is 9.97 Å². The van der Waals surface area contributed by atoms with E-state index in [0.717, 1.165) is 16.4 Å². The number of aromatic nitrogens is 2. The molecule has 0 aliphatic heterocycles. The number of nitrogens with zero attached hydrogens (tertiary/aromatic N) is 2. The molecule has 0 saturated heterocycles. The first-order valence-corrected chi connectivity index (χ1v) is 5.69. The zero-order valence-electron chi connectivity index (χ0n) is 9.02. The molecular formula is C11H11N3OS. The fourth-order valence-electron chi connectivity index (χ4n) is 1.29. The Morgan fingerprint density at radius 3 is 2.88 bits per heavy atom. The first-order chi connectivity index (χ1) is 7.65. The smallest absolute Gasteiger partial charge is 0.275 e. The third kappa shape index (κ3) is 2.43. The molecule has 0 aliphatic rings. The molecule has 0 spiro atoms. The van der Waals surface area contributed by atoms with Crippen molar-refractivity contribution in [2.75, 3.05) is 5.32 Å². The predicted octanol–water partition coefficient (Wildman–Crippen LogP) is 2.41. The van der Waals surface area contributed by atoms with Gasteiger partial charge in [0.15, 0.2) is 0 Å². The molecule has 0 atom stereocenters. The van der Waals surface area contributed by atoms with Crippen molar-refractivity contribution in [2.45, 2.75) is 13.8 Å². The highest BCUT2D eigenvalue weighted by Gasteiger charge is 2.09. The van der Waals surface area contributed by atoms with Crippen LogP contribution in [0.15, 0.2) is 23.7 Å².